The van der Waals surface area contributed by atoms with E-state index >= 15 is 0 Å². The average Bonchev–Trinajstić information content (AvgIpc) is 2.39. The van der Waals surface area contributed by atoms with Gasteiger partial charge in [-0.05, 0) is 19.8 Å². The van der Waals surface area contributed by atoms with Crippen molar-refractivity contribution < 1.29 is 9.53 Å². The zero-order chi connectivity index (χ0) is 12.3. The van der Waals surface area contributed by atoms with Crippen molar-refractivity contribution >= 4 is 5.91 Å². The molecule has 1 atom stereocenters. The summed E-state index contributed by atoms with van der Waals surface area (Å²) in [5.41, 5.74) is 0. The molecule has 0 unspecified atom stereocenters. The van der Waals surface area contributed by atoms with Crippen molar-refractivity contribution in [2.75, 3.05) is 32.8 Å². The van der Waals surface area contributed by atoms with Crippen LogP contribution in [-0.4, -0.2) is 60.6 Å². The van der Waals surface area contributed by atoms with E-state index in [4.69, 9.17) is 4.74 Å². The lowest BCUT2D eigenvalue weighted by molar-refractivity contribution is -0.133. The van der Waals surface area contributed by atoms with Gasteiger partial charge < -0.3 is 9.64 Å². The smallest absolute Gasteiger partial charge is 0.222 e. The Morgan fingerprint density at radius 3 is 2.59 bits per heavy atom. The van der Waals surface area contributed by atoms with Gasteiger partial charge in [-0.2, -0.15) is 0 Å². The van der Waals surface area contributed by atoms with E-state index in [1.807, 2.05) is 11.8 Å². The van der Waals surface area contributed by atoms with Gasteiger partial charge in [0.2, 0.25) is 5.91 Å². The van der Waals surface area contributed by atoms with Crippen molar-refractivity contribution in [3.63, 3.8) is 0 Å². The van der Waals surface area contributed by atoms with Gasteiger partial charge in [-0.3, -0.25) is 9.69 Å². The lowest BCUT2D eigenvalue weighted by atomic mass is 10.0. The van der Waals surface area contributed by atoms with E-state index in [0.29, 0.717) is 24.4 Å². The van der Waals surface area contributed by atoms with Gasteiger partial charge in [0.05, 0.1) is 13.2 Å². The molecule has 0 saturated carbocycles. The Bertz CT molecular complexity index is 262. The average molecular weight is 240 g/mol. The molecular formula is C13H24N2O2. The van der Waals surface area contributed by atoms with Crippen molar-refractivity contribution in [3.8, 4) is 0 Å². The lowest BCUT2D eigenvalue weighted by Gasteiger charge is -2.43. The third-order valence-electron chi connectivity index (χ3n) is 4.01. The summed E-state index contributed by atoms with van der Waals surface area (Å²) in [4.78, 5) is 16.2. The number of ether oxygens (including phenoxy) is 1. The highest BCUT2D eigenvalue weighted by Gasteiger charge is 2.30. The molecule has 2 aliphatic heterocycles. The number of piperidine rings is 1. The van der Waals surface area contributed by atoms with Gasteiger partial charge in [0.25, 0.3) is 0 Å². The Morgan fingerprint density at radius 1 is 1.29 bits per heavy atom. The Labute approximate surface area is 104 Å². The van der Waals surface area contributed by atoms with Gasteiger partial charge in [-0.1, -0.05) is 6.92 Å². The molecule has 0 aromatic rings. The second kappa shape index (κ2) is 5.83. The standard InChI is InChI=1S/C13H24N2O2/c1-3-13(16)14-6-4-12(5-7-14)15-8-9-17-10-11(15)2/h11-12H,3-10H2,1-2H3/t11-/m0/s1. The Kier molecular flexibility index (Phi) is 4.40. The lowest BCUT2D eigenvalue weighted by Crippen LogP contribution is -2.53. The minimum absolute atomic E-state index is 0.304. The Balaban J connectivity index is 1.83. The van der Waals surface area contributed by atoms with Crippen molar-refractivity contribution in [2.24, 2.45) is 0 Å². The molecule has 0 N–H and O–H groups in total. The van der Waals surface area contributed by atoms with E-state index in [0.717, 1.165) is 45.7 Å². The third-order valence-corrected chi connectivity index (χ3v) is 4.01. The minimum atomic E-state index is 0.304. The topological polar surface area (TPSA) is 32.8 Å². The van der Waals surface area contributed by atoms with Crippen LogP contribution in [0.5, 0.6) is 0 Å². The molecule has 2 heterocycles. The normalized spacial score (nSPS) is 28.4. The highest BCUT2D eigenvalue weighted by Crippen LogP contribution is 2.21. The summed E-state index contributed by atoms with van der Waals surface area (Å²) < 4.78 is 5.47. The Hall–Kier alpha value is -0.610. The molecule has 0 aromatic carbocycles. The summed E-state index contributed by atoms with van der Waals surface area (Å²) in [5, 5.41) is 0. The number of hydrogen-bond donors (Lipinski definition) is 0. The second-order valence-electron chi connectivity index (χ2n) is 5.13. The van der Waals surface area contributed by atoms with Gasteiger partial charge in [0.15, 0.2) is 0 Å². The van der Waals surface area contributed by atoms with E-state index in [1.54, 1.807) is 0 Å². The largest absolute Gasteiger partial charge is 0.379 e. The molecule has 2 rings (SSSR count). The van der Waals surface area contributed by atoms with Gasteiger partial charge >= 0.3 is 0 Å². The van der Waals surface area contributed by atoms with Crippen LogP contribution in [-0.2, 0) is 9.53 Å². The molecule has 0 aliphatic carbocycles. The van der Waals surface area contributed by atoms with Crippen LogP contribution in [0.4, 0.5) is 0 Å². The second-order valence-corrected chi connectivity index (χ2v) is 5.13. The highest BCUT2D eigenvalue weighted by molar-refractivity contribution is 5.75. The first kappa shape index (κ1) is 12.8. The van der Waals surface area contributed by atoms with Crippen LogP contribution >= 0.6 is 0 Å². The summed E-state index contributed by atoms with van der Waals surface area (Å²) in [5.74, 6) is 0.304. The van der Waals surface area contributed by atoms with Crippen molar-refractivity contribution in [1.29, 1.82) is 0 Å². The molecule has 2 saturated heterocycles. The molecule has 2 fully saturated rings. The summed E-state index contributed by atoms with van der Waals surface area (Å²) in [6.07, 6.45) is 2.88. The SMILES string of the molecule is CCC(=O)N1CCC(N2CCOC[C@@H]2C)CC1. The van der Waals surface area contributed by atoms with Gasteiger partial charge in [0.1, 0.15) is 0 Å². The van der Waals surface area contributed by atoms with Crippen molar-refractivity contribution in [1.82, 2.24) is 9.80 Å². The zero-order valence-electron chi connectivity index (χ0n) is 11.0. The number of amides is 1. The van der Waals surface area contributed by atoms with E-state index in [2.05, 4.69) is 11.8 Å². The molecule has 0 aromatic heterocycles. The number of rotatable bonds is 2. The predicted molar refractivity (Wildman–Crippen MR) is 66.9 cm³/mol. The van der Waals surface area contributed by atoms with E-state index in [-0.39, 0.29) is 0 Å². The first-order valence-corrected chi connectivity index (χ1v) is 6.83. The number of nitrogens with zero attached hydrogens (tertiary/aromatic N) is 2. The monoisotopic (exact) mass is 240 g/mol. The summed E-state index contributed by atoms with van der Waals surface area (Å²) >= 11 is 0. The van der Waals surface area contributed by atoms with Crippen molar-refractivity contribution in [2.45, 2.75) is 45.2 Å². The molecule has 17 heavy (non-hydrogen) atoms. The summed E-state index contributed by atoms with van der Waals surface area (Å²) in [6, 6.07) is 1.18. The minimum Gasteiger partial charge on any atom is -0.379 e. The van der Waals surface area contributed by atoms with Gasteiger partial charge in [-0.25, -0.2) is 0 Å². The third kappa shape index (κ3) is 2.99. The fourth-order valence-corrected chi connectivity index (χ4v) is 2.95. The fraction of sp³-hybridized carbons (Fsp3) is 0.923. The van der Waals surface area contributed by atoms with E-state index in [9.17, 15) is 4.79 Å². The number of carbonyl (C=O) groups is 1. The quantitative estimate of drug-likeness (QED) is 0.725. The van der Waals surface area contributed by atoms with E-state index in [1.165, 1.54) is 0 Å². The number of carbonyl (C=O) groups excluding carboxylic acids is 1. The predicted octanol–water partition coefficient (Wildman–Crippen LogP) is 1.11. The molecule has 98 valence electrons. The first-order chi connectivity index (χ1) is 8.22. The molecule has 2 aliphatic rings. The van der Waals surface area contributed by atoms with Crippen LogP contribution < -0.4 is 0 Å². The van der Waals surface area contributed by atoms with Crippen molar-refractivity contribution in [3.05, 3.63) is 0 Å². The Morgan fingerprint density at radius 2 is 2.00 bits per heavy atom. The molecule has 4 heteroatoms. The zero-order valence-corrected chi connectivity index (χ0v) is 11.0. The number of morpholine rings is 1. The first-order valence-electron chi connectivity index (χ1n) is 6.83. The van der Waals surface area contributed by atoms with Gasteiger partial charge in [0, 0.05) is 38.1 Å². The maximum Gasteiger partial charge on any atom is 0.222 e. The maximum atomic E-state index is 11.6. The van der Waals surface area contributed by atoms with Crippen LogP contribution in [0.25, 0.3) is 0 Å². The summed E-state index contributed by atoms with van der Waals surface area (Å²) in [7, 11) is 0. The van der Waals surface area contributed by atoms with Crippen LogP contribution in [0, 0.1) is 0 Å². The number of likely N-dealkylation sites (tertiary alicyclic amines) is 1. The molecule has 4 nitrogen and oxygen atoms in total. The van der Waals surface area contributed by atoms with E-state index < -0.39 is 0 Å². The molecular weight excluding hydrogens is 216 g/mol. The molecule has 0 spiro atoms. The van der Waals surface area contributed by atoms with Crippen LogP contribution in [0.3, 0.4) is 0 Å². The fourth-order valence-electron chi connectivity index (χ4n) is 2.95. The van der Waals surface area contributed by atoms with Crippen LogP contribution in [0.1, 0.15) is 33.1 Å². The van der Waals surface area contributed by atoms with Crippen LogP contribution in [0.15, 0.2) is 0 Å². The summed E-state index contributed by atoms with van der Waals surface area (Å²) in [6.45, 7) is 8.81. The molecule has 1 amide bonds. The highest BCUT2D eigenvalue weighted by atomic mass is 16.5. The molecule has 0 radical (unpaired) electrons. The number of hydrogen-bond acceptors (Lipinski definition) is 3. The van der Waals surface area contributed by atoms with Crippen LogP contribution in [0.2, 0.25) is 0 Å². The maximum absolute atomic E-state index is 11.6. The van der Waals surface area contributed by atoms with Gasteiger partial charge in [-0.15, -0.1) is 0 Å². The molecule has 0 bridgehead atoms.